The molecule has 1 unspecified atom stereocenters. The molecule has 1 saturated heterocycles. The summed E-state index contributed by atoms with van der Waals surface area (Å²) in [5.74, 6) is 2.72. The van der Waals surface area contributed by atoms with E-state index in [4.69, 9.17) is 22.1 Å². The van der Waals surface area contributed by atoms with E-state index in [-0.39, 0.29) is 11.3 Å². The van der Waals surface area contributed by atoms with E-state index in [1.54, 1.807) is 23.5 Å². The Kier molecular flexibility index (Phi) is 6.12. The summed E-state index contributed by atoms with van der Waals surface area (Å²) < 4.78 is 5.42. The normalized spacial score (nSPS) is 22.4. The minimum atomic E-state index is 0.154. The molecular formula is C16H18ClN5OS2. The summed E-state index contributed by atoms with van der Waals surface area (Å²) in [6.07, 6.45) is 10.1. The Balaban J connectivity index is 0.000000880. The van der Waals surface area contributed by atoms with Gasteiger partial charge in [-0.25, -0.2) is 4.98 Å². The van der Waals surface area contributed by atoms with Gasteiger partial charge in [0.05, 0.1) is 29.8 Å². The van der Waals surface area contributed by atoms with Crippen molar-refractivity contribution in [2.24, 2.45) is 10.7 Å². The van der Waals surface area contributed by atoms with E-state index in [0.717, 1.165) is 54.2 Å². The molecule has 0 aliphatic carbocycles. The number of amidine groups is 1. The highest BCUT2D eigenvalue weighted by Crippen LogP contribution is 2.40. The van der Waals surface area contributed by atoms with Crippen molar-refractivity contribution < 1.29 is 4.74 Å². The van der Waals surface area contributed by atoms with Crippen LogP contribution in [0.1, 0.15) is 5.69 Å². The number of terminal acetylenes is 1. The average molecular weight is 396 g/mol. The maximum atomic E-state index is 6.16. The highest BCUT2D eigenvalue weighted by atomic mass is 35.5. The third kappa shape index (κ3) is 4.06. The van der Waals surface area contributed by atoms with Crippen LogP contribution in [0.5, 0.6) is 0 Å². The van der Waals surface area contributed by atoms with Gasteiger partial charge in [-0.3, -0.25) is 4.99 Å². The van der Waals surface area contributed by atoms with Gasteiger partial charge in [-0.2, -0.15) is 4.98 Å². The molecule has 3 aliphatic heterocycles. The topological polar surface area (TPSA) is 76.6 Å². The van der Waals surface area contributed by atoms with Gasteiger partial charge >= 0.3 is 0 Å². The van der Waals surface area contributed by atoms with Gasteiger partial charge in [0.25, 0.3) is 0 Å². The lowest BCUT2D eigenvalue weighted by Gasteiger charge is -2.30. The fourth-order valence-corrected chi connectivity index (χ4v) is 4.93. The Bertz CT molecular complexity index is 731. The average Bonchev–Trinajstić information content (AvgIpc) is 3.09. The van der Waals surface area contributed by atoms with Gasteiger partial charge in [0.15, 0.2) is 5.17 Å². The SMILES string of the molecule is C#C.NC1=NC(C2=Cc3nc(Cl)nc(N4CCOCC4)c3SC2)CS1. The number of ether oxygens (including phenoxy) is 1. The third-order valence-electron chi connectivity index (χ3n) is 3.96. The van der Waals surface area contributed by atoms with Crippen molar-refractivity contribution in [3.05, 3.63) is 16.6 Å². The molecule has 0 radical (unpaired) electrons. The van der Waals surface area contributed by atoms with Crippen LogP contribution >= 0.6 is 35.1 Å². The molecule has 0 spiro atoms. The number of anilines is 1. The van der Waals surface area contributed by atoms with E-state index < -0.39 is 0 Å². The molecule has 3 aliphatic rings. The molecule has 0 aromatic carbocycles. The van der Waals surface area contributed by atoms with Gasteiger partial charge in [-0.1, -0.05) is 11.8 Å². The largest absolute Gasteiger partial charge is 0.379 e. The summed E-state index contributed by atoms with van der Waals surface area (Å²) in [4.78, 5) is 16.7. The zero-order valence-corrected chi connectivity index (χ0v) is 15.9. The number of hydrogen-bond acceptors (Lipinski definition) is 8. The summed E-state index contributed by atoms with van der Waals surface area (Å²) in [6, 6.07) is 0.154. The van der Waals surface area contributed by atoms with Crippen LogP contribution in [-0.4, -0.2) is 59.0 Å². The van der Waals surface area contributed by atoms with E-state index in [1.807, 2.05) is 0 Å². The van der Waals surface area contributed by atoms with E-state index in [2.05, 4.69) is 38.8 Å². The lowest BCUT2D eigenvalue weighted by molar-refractivity contribution is 0.122. The monoisotopic (exact) mass is 395 g/mol. The van der Waals surface area contributed by atoms with Crippen LogP contribution in [0.3, 0.4) is 0 Å². The van der Waals surface area contributed by atoms with E-state index >= 15 is 0 Å². The van der Waals surface area contributed by atoms with Crippen molar-refractivity contribution in [2.45, 2.75) is 10.9 Å². The fraction of sp³-hybridized carbons (Fsp3) is 0.438. The molecule has 9 heteroatoms. The molecule has 132 valence electrons. The maximum absolute atomic E-state index is 6.16. The summed E-state index contributed by atoms with van der Waals surface area (Å²) in [6.45, 7) is 3.10. The van der Waals surface area contributed by atoms with Crippen molar-refractivity contribution in [1.29, 1.82) is 0 Å². The number of fused-ring (bicyclic) bond motifs is 1. The number of aliphatic imine (C=N–C) groups is 1. The predicted octanol–water partition coefficient (Wildman–Crippen LogP) is 2.14. The number of halogens is 1. The van der Waals surface area contributed by atoms with Gasteiger partial charge < -0.3 is 15.4 Å². The number of aromatic nitrogens is 2. The minimum Gasteiger partial charge on any atom is -0.379 e. The predicted molar refractivity (Wildman–Crippen MR) is 107 cm³/mol. The molecule has 2 N–H and O–H groups in total. The Hall–Kier alpha value is -1.40. The Morgan fingerprint density at radius 1 is 1.24 bits per heavy atom. The molecule has 0 bridgehead atoms. The Morgan fingerprint density at radius 2 is 2.00 bits per heavy atom. The van der Waals surface area contributed by atoms with Crippen LogP contribution in [0.4, 0.5) is 5.82 Å². The smallest absolute Gasteiger partial charge is 0.224 e. The molecule has 1 aromatic rings. The van der Waals surface area contributed by atoms with Crippen LogP contribution in [-0.2, 0) is 4.74 Å². The molecule has 6 nitrogen and oxygen atoms in total. The molecule has 1 fully saturated rings. The first kappa shape index (κ1) is 18.4. The number of rotatable bonds is 2. The summed E-state index contributed by atoms with van der Waals surface area (Å²) >= 11 is 9.53. The number of hydrogen-bond donors (Lipinski definition) is 1. The van der Waals surface area contributed by atoms with Crippen molar-refractivity contribution in [1.82, 2.24) is 9.97 Å². The summed E-state index contributed by atoms with van der Waals surface area (Å²) in [7, 11) is 0. The molecule has 0 amide bonds. The van der Waals surface area contributed by atoms with Crippen LogP contribution in [0.2, 0.25) is 5.28 Å². The highest BCUT2D eigenvalue weighted by Gasteiger charge is 2.27. The highest BCUT2D eigenvalue weighted by molar-refractivity contribution is 8.14. The zero-order chi connectivity index (χ0) is 17.8. The maximum Gasteiger partial charge on any atom is 0.224 e. The number of morpholine rings is 1. The molecule has 25 heavy (non-hydrogen) atoms. The summed E-state index contributed by atoms with van der Waals surface area (Å²) in [5.41, 5.74) is 7.93. The van der Waals surface area contributed by atoms with Crippen LogP contribution in [0.25, 0.3) is 6.08 Å². The van der Waals surface area contributed by atoms with E-state index in [9.17, 15) is 0 Å². The molecule has 0 saturated carbocycles. The second kappa shape index (κ2) is 8.32. The lowest BCUT2D eigenvalue weighted by atomic mass is 10.1. The van der Waals surface area contributed by atoms with Gasteiger partial charge in [0, 0.05) is 24.6 Å². The molecule has 1 atom stereocenters. The first-order valence-electron chi connectivity index (χ1n) is 7.73. The Morgan fingerprint density at radius 3 is 2.68 bits per heavy atom. The van der Waals surface area contributed by atoms with Crippen molar-refractivity contribution in [2.75, 3.05) is 42.7 Å². The first-order chi connectivity index (χ1) is 12.2. The Labute approximate surface area is 160 Å². The molecule has 4 rings (SSSR count). The zero-order valence-electron chi connectivity index (χ0n) is 13.5. The van der Waals surface area contributed by atoms with Crippen LogP contribution in [0, 0.1) is 12.8 Å². The first-order valence-corrected chi connectivity index (χ1v) is 10.1. The van der Waals surface area contributed by atoms with Crippen molar-refractivity contribution in [3.63, 3.8) is 0 Å². The molecular weight excluding hydrogens is 378 g/mol. The van der Waals surface area contributed by atoms with E-state index in [0.29, 0.717) is 5.17 Å². The van der Waals surface area contributed by atoms with Crippen molar-refractivity contribution in [3.8, 4) is 12.8 Å². The number of thioether (sulfide) groups is 2. The second-order valence-corrected chi connectivity index (χ2v) is 7.80. The number of nitrogens with two attached hydrogens (primary N) is 1. The van der Waals surface area contributed by atoms with Gasteiger partial charge in [-0.15, -0.1) is 24.6 Å². The van der Waals surface area contributed by atoms with Crippen LogP contribution in [0.15, 0.2) is 15.5 Å². The van der Waals surface area contributed by atoms with Gasteiger partial charge in [0.2, 0.25) is 5.28 Å². The number of nitrogens with zero attached hydrogens (tertiary/aromatic N) is 4. The lowest BCUT2D eigenvalue weighted by Crippen LogP contribution is -2.37. The van der Waals surface area contributed by atoms with E-state index in [1.165, 1.54) is 5.57 Å². The van der Waals surface area contributed by atoms with Gasteiger partial charge in [-0.05, 0) is 23.3 Å². The van der Waals surface area contributed by atoms with Crippen LogP contribution < -0.4 is 10.6 Å². The second-order valence-electron chi connectivity index (χ2n) is 5.43. The van der Waals surface area contributed by atoms with Crippen molar-refractivity contribution >= 4 is 52.2 Å². The third-order valence-corrected chi connectivity index (χ3v) is 6.17. The quantitative estimate of drug-likeness (QED) is 0.607. The summed E-state index contributed by atoms with van der Waals surface area (Å²) in [5, 5.41) is 0.952. The molecule has 1 aromatic heterocycles. The standard InChI is InChI=1S/C14H16ClN5OS2.C2H2/c15-13-17-9-5-8(10-7-23-14(16)18-10)6-22-11(9)12(19-13)20-1-3-21-4-2-20;1-2/h5,10H,1-4,6-7H2,(H2,16,18);1-2H. The molecule has 4 heterocycles. The fourth-order valence-electron chi connectivity index (χ4n) is 2.80. The van der Waals surface area contributed by atoms with Gasteiger partial charge in [0.1, 0.15) is 5.82 Å². The minimum absolute atomic E-state index is 0.154.